The molecule has 4 nitrogen and oxygen atoms in total. The van der Waals surface area contributed by atoms with Crippen molar-refractivity contribution in [2.24, 2.45) is 0 Å². The number of aryl methyl sites for hydroxylation is 2. The van der Waals surface area contributed by atoms with Gasteiger partial charge in [0, 0.05) is 24.6 Å². The molecule has 2 aromatic heterocycles. The number of pyridine rings is 1. The van der Waals surface area contributed by atoms with Crippen molar-refractivity contribution in [3.05, 3.63) is 33.9 Å². The van der Waals surface area contributed by atoms with Crippen molar-refractivity contribution in [2.75, 3.05) is 18.4 Å². The fourth-order valence-electron chi connectivity index (χ4n) is 4.27. The van der Waals surface area contributed by atoms with E-state index in [1.165, 1.54) is 74.1 Å². The summed E-state index contributed by atoms with van der Waals surface area (Å²) in [6, 6.07) is 4.46. The van der Waals surface area contributed by atoms with Crippen molar-refractivity contribution in [1.29, 1.82) is 0 Å². The largest absolute Gasteiger partial charge is 0.370 e. The highest BCUT2D eigenvalue weighted by Crippen LogP contribution is 2.37. The smallest absolute Gasteiger partial charge is 0.263 e. The second-order valence-corrected chi connectivity index (χ2v) is 7.80. The molecule has 0 saturated heterocycles. The van der Waals surface area contributed by atoms with E-state index in [1.807, 2.05) is 0 Å². The summed E-state index contributed by atoms with van der Waals surface area (Å²) in [5.74, 6) is 1.85. The Morgan fingerprint density at radius 3 is 2.65 bits per heavy atom. The van der Waals surface area contributed by atoms with E-state index in [4.69, 9.17) is 11.6 Å². The van der Waals surface area contributed by atoms with Gasteiger partial charge in [0.25, 0.3) is 13.1 Å². The summed E-state index contributed by atoms with van der Waals surface area (Å²) in [6.45, 7) is 11.3. The summed E-state index contributed by atoms with van der Waals surface area (Å²) in [5, 5.41) is 3.74. The highest BCUT2D eigenvalue weighted by Gasteiger charge is 2.23. The average molecular weight is 354 g/mol. The van der Waals surface area contributed by atoms with Crippen LogP contribution in [0.5, 0.6) is 0 Å². The van der Waals surface area contributed by atoms with Crippen LogP contribution in [0.2, 0.25) is 0 Å². The minimum absolute atomic E-state index is 0.608. The monoisotopic (exact) mass is 353 g/mol. The average Bonchev–Trinajstić information content (AvgIpc) is 3.00. The molecule has 4 heteroatoms. The summed E-state index contributed by atoms with van der Waals surface area (Å²) in [5.41, 5.74) is 4.93. The number of nitrogens with zero attached hydrogens (tertiary/aromatic N) is 3. The third kappa shape index (κ3) is 4.38. The molecule has 0 aliphatic heterocycles. The molecule has 3 rings (SSSR count). The van der Waals surface area contributed by atoms with Gasteiger partial charge in [-0.15, -0.1) is 0 Å². The zero-order chi connectivity index (χ0) is 18.4. The lowest BCUT2D eigenvalue weighted by atomic mass is 9.87. The number of anilines is 1. The Balaban J connectivity index is 1.76. The summed E-state index contributed by atoms with van der Waals surface area (Å²) < 4.78 is 2.32. The molecule has 0 radical (unpaired) electrons. The van der Waals surface area contributed by atoms with E-state index < -0.39 is 0 Å². The van der Waals surface area contributed by atoms with E-state index in [9.17, 15) is 0 Å². The molecule has 1 aliphatic carbocycles. The van der Waals surface area contributed by atoms with Crippen LogP contribution in [0.4, 0.5) is 5.82 Å². The number of hydrogen-bond donors (Lipinski definition) is 1. The van der Waals surface area contributed by atoms with Crippen molar-refractivity contribution >= 4 is 11.5 Å². The highest BCUT2D eigenvalue weighted by molar-refractivity contribution is 5.59. The van der Waals surface area contributed by atoms with Crippen LogP contribution in [-0.4, -0.2) is 22.5 Å². The van der Waals surface area contributed by atoms with Crippen LogP contribution >= 0.6 is 0 Å². The SMILES string of the molecule is C#[N+]CCCCCCNc1c(C2CCCCC2)nc2cc(C)cc(C)n12. The highest BCUT2D eigenvalue weighted by atomic mass is 15.1. The summed E-state index contributed by atoms with van der Waals surface area (Å²) in [7, 11) is 0. The molecular formula is C22H33N4+. The second kappa shape index (κ2) is 9.07. The van der Waals surface area contributed by atoms with Crippen molar-refractivity contribution in [3.63, 3.8) is 0 Å². The maximum atomic E-state index is 5.20. The zero-order valence-corrected chi connectivity index (χ0v) is 16.4. The molecule has 1 N–H and O–H groups in total. The maximum absolute atomic E-state index is 5.20. The zero-order valence-electron chi connectivity index (χ0n) is 16.4. The second-order valence-electron chi connectivity index (χ2n) is 7.80. The van der Waals surface area contributed by atoms with Crippen LogP contribution in [-0.2, 0) is 0 Å². The Labute approximate surface area is 157 Å². The van der Waals surface area contributed by atoms with Gasteiger partial charge in [-0.1, -0.05) is 30.5 Å². The molecule has 0 atom stereocenters. The molecule has 2 aromatic rings. The van der Waals surface area contributed by atoms with Crippen LogP contribution < -0.4 is 5.32 Å². The fraction of sp³-hybridized carbons (Fsp3) is 0.636. The molecule has 1 aliphatic rings. The van der Waals surface area contributed by atoms with Gasteiger partial charge in [0.1, 0.15) is 11.5 Å². The van der Waals surface area contributed by atoms with E-state index in [2.05, 4.69) is 40.5 Å². The number of aromatic nitrogens is 2. The van der Waals surface area contributed by atoms with Crippen molar-refractivity contribution in [2.45, 2.75) is 77.6 Å². The van der Waals surface area contributed by atoms with E-state index >= 15 is 0 Å². The Hall–Kier alpha value is -2.02. The third-order valence-corrected chi connectivity index (χ3v) is 5.57. The number of fused-ring (bicyclic) bond motifs is 1. The summed E-state index contributed by atoms with van der Waals surface area (Å²) in [4.78, 5) is 8.75. The minimum Gasteiger partial charge on any atom is -0.370 e. The molecule has 1 fully saturated rings. The Morgan fingerprint density at radius 2 is 1.88 bits per heavy atom. The molecule has 0 unspecified atom stereocenters. The van der Waals surface area contributed by atoms with Crippen LogP contribution in [0, 0.1) is 20.4 Å². The molecule has 26 heavy (non-hydrogen) atoms. The molecule has 1 saturated carbocycles. The lowest BCUT2D eigenvalue weighted by Gasteiger charge is -2.21. The van der Waals surface area contributed by atoms with Gasteiger partial charge in [0.2, 0.25) is 0 Å². The van der Waals surface area contributed by atoms with Gasteiger partial charge in [-0.2, -0.15) is 0 Å². The van der Waals surface area contributed by atoms with Crippen LogP contribution in [0.3, 0.4) is 0 Å². The Kier molecular flexibility index (Phi) is 6.55. The molecule has 0 aromatic carbocycles. The van der Waals surface area contributed by atoms with Crippen molar-refractivity contribution in [1.82, 2.24) is 9.38 Å². The van der Waals surface area contributed by atoms with E-state index in [1.54, 1.807) is 0 Å². The first kappa shape index (κ1) is 18.8. The van der Waals surface area contributed by atoms with Gasteiger partial charge in [0.05, 0.1) is 5.69 Å². The third-order valence-electron chi connectivity index (χ3n) is 5.57. The molecule has 140 valence electrons. The molecule has 0 amide bonds. The van der Waals surface area contributed by atoms with Gasteiger partial charge in [-0.3, -0.25) is 4.40 Å². The minimum atomic E-state index is 0.608. The van der Waals surface area contributed by atoms with Gasteiger partial charge in [-0.25, -0.2) is 4.98 Å². The summed E-state index contributed by atoms with van der Waals surface area (Å²) in [6.07, 6.45) is 11.3. The normalized spacial score (nSPS) is 15.3. The molecular weight excluding hydrogens is 320 g/mol. The summed E-state index contributed by atoms with van der Waals surface area (Å²) >= 11 is 0. The van der Waals surface area contributed by atoms with Crippen molar-refractivity contribution in [3.8, 4) is 6.57 Å². The molecule has 0 spiro atoms. The van der Waals surface area contributed by atoms with Gasteiger partial charge in [-0.05, 0) is 57.2 Å². The predicted molar refractivity (Wildman–Crippen MR) is 111 cm³/mol. The lowest BCUT2D eigenvalue weighted by molar-refractivity contribution is 0.438. The number of imidazole rings is 1. The van der Waals surface area contributed by atoms with Crippen LogP contribution in [0.1, 0.15) is 80.7 Å². The quantitative estimate of drug-likeness (QED) is 0.596. The number of hydrogen-bond acceptors (Lipinski definition) is 2. The van der Waals surface area contributed by atoms with Crippen LogP contribution in [0.15, 0.2) is 12.1 Å². The number of unbranched alkanes of at least 4 members (excludes halogenated alkanes) is 3. The first-order valence-corrected chi connectivity index (χ1v) is 10.3. The Bertz CT molecular complexity index is 763. The number of nitrogens with one attached hydrogen (secondary N) is 1. The lowest BCUT2D eigenvalue weighted by Crippen LogP contribution is -2.11. The van der Waals surface area contributed by atoms with Gasteiger partial charge >= 0.3 is 0 Å². The fourth-order valence-corrected chi connectivity index (χ4v) is 4.27. The molecule has 2 heterocycles. The first-order chi connectivity index (χ1) is 12.7. The first-order valence-electron chi connectivity index (χ1n) is 10.3. The topological polar surface area (TPSA) is 33.7 Å². The standard InChI is InChI=1S/C22H33N4/c1-17-15-18(2)26-20(16-17)25-21(19-11-7-6-8-12-19)22(26)24-14-10-5-4-9-13-23-3/h3,15-16,19,24H,4-14H2,1-2H3/q+1. The van der Waals surface area contributed by atoms with E-state index in [-0.39, 0.29) is 0 Å². The van der Waals surface area contributed by atoms with E-state index in [0.717, 1.165) is 25.2 Å². The van der Waals surface area contributed by atoms with E-state index in [0.29, 0.717) is 5.92 Å². The van der Waals surface area contributed by atoms with Crippen LogP contribution in [0.25, 0.3) is 10.5 Å². The maximum Gasteiger partial charge on any atom is 0.263 e. The van der Waals surface area contributed by atoms with Crippen molar-refractivity contribution < 1.29 is 0 Å². The predicted octanol–water partition coefficient (Wildman–Crippen LogP) is 5.93. The number of rotatable bonds is 8. The van der Waals surface area contributed by atoms with Gasteiger partial charge < -0.3 is 5.32 Å². The van der Waals surface area contributed by atoms with Gasteiger partial charge in [0.15, 0.2) is 0 Å². The Morgan fingerprint density at radius 1 is 1.12 bits per heavy atom. The molecule has 0 bridgehead atoms.